The lowest BCUT2D eigenvalue weighted by atomic mass is 10.00. The average molecular weight is 211 g/mol. The Morgan fingerprint density at radius 2 is 1.64 bits per heavy atom. The first-order valence-corrected chi connectivity index (χ1v) is 5.09. The molecule has 4 heteroatoms. The van der Waals surface area contributed by atoms with E-state index in [1.165, 1.54) is 0 Å². The largest absolute Gasteiger partial charge is 0.390 e. The quantitative estimate of drug-likeness (QED) is 0.735. The summed E-state index contributed by atoms with van der Waals surface area (Å²) >= 11 is 0. The number of alkyl halides is 3. The van der Waals surface area contributed by atoms with Crippen molar-refractivity contribution in [2.45, 2.75) is 58.8 Å². The highest BCUT2D eigenvalue weighted by Gasteiger charge is 2.30. The Bertz CT molecular complexity index is 156. The summed E-state index contributed by atoms with van der Waals surface area (Å²) in [4.78, 5) is 0. The Balaban J connectivity index is 3.88. The zero-order valence-electron chi connectivity index (χ0n) is 9.28. The van der Waals surface area contributed by atoms with E-state index in [4.69, 9.17) is 0 Å². The zero-order valence-corrected chi connectivity index (χ0v) is 9.28. The molecule has 0 aromatic rings. The smallest absolute Gasteiger partial charge is 0.311 e. The third kappa shape index (κ3) is 6.24. The highest BCUT2D eigenvalue weighted by Crippen LogP contribution is 2.22. The molecule has 0 aliphatic heterocycles. The molecule has 1 nitrogen and oxygen atoms in total. The van der Waals surface area contributed by atoms with Crippen LogP contribution < -0.4 is 5.32 Å². The molecule has 86 valence electrons. The van der Waals surface area contributed by atoms with Gasteiger partial charge in [0.2, 0.25) is 0 Å². The third-order valence-corrected chi connectivity index (χ3v) is 2.58. The van der Waals surface area contributed by atoms with Crippen LogP contribution in [0.1, 0.15) is 40.5 Å². The van der Waals surface area contributed by atoms with Gasteiger partial charge in [-0.25, -0.2) is 0 Å². The van der Waals surface area contributed by atoms with Crippen LogP contribution in [0.2, 0.25) is 0 Å². The molecule has 3 unspecified atom stereocenters. The van der Waals surface area contributed by atoms with Crippen LogP contribution in [0, 0.1) is 5.92 Å². The van der Waals surface area contributed by atoms with Crippen molar-refractivity contribution in [1.82, 2.24) is 5.32 Å². The monoisotopic (exact) mass is 211 g/mol. The van der Waals surface area contributed by atoms with Gasteiger partial charge in [0.1, 0.15) is 0 Å². The van der Waals surface area contributed by atoms with Gasteiger partial charge in [0.15, 0.2) is 0 Å². The van der Waals surface area contributed by atoms with E-state index < -0.39 is 18.6 Å². The van der Waals surface area contributed by atoms with Crippen molar-refractivity contribution in [3.05, 3.63) is 0 Å². The number of halogens is 3. The fourth-order valence-corrected chi connectivity index (χ4v) is 1.37. The zero-order chi connectivity index (χ0) is 11.4. The van der Waals surface area contributed by atoms with E-state index in [0.717, 1.165) is 6.42 Å². The van der Waals surface area contributed by atoms with Crippen LogP contribution in [0.15, 0.2) is 0 Å². The van der Waals surface area contributed by atoms with Crippen LogP contribution in [0.3, 0.4) is 0 Å². The minimum atomic E-state index is -4.07. The lowest BCUT2D eigenvalue weighted by molar-refractivity contribution is -0.139. The molecule has 0 saturated heterocycles. The predicted octanol–water partition coefficient (Wildman–Crippen LogP) is 3.35. The molecule has 0 saturated carbocycles. The molecule has 0 amide bonds. The molecular weight excluding hydrogens is 191 g/mol. The molecule has 3 atom stereocenters. The molecule has 0 aromatic heterocycles. The second-order valence-corrected chi connectivity index (χ2v) is 4.06. The maximum Gasteiger partial charge on any atom is 0.390 e. The molecule has 14 heavy (non-hydrogen) atoms. The fraction of sp³-hybridized carbons (Fsp3) is 1.00. The Labute approximate surface area is 84.1 Å². The minimum Gasteiger partial charge on any atom is -0.311 e. The van der Waals surface area contributed by atoms with E-state index in [9.17, 15) is 13.2 Å². The van der Waals surface area contributed by atoms with Gasteiger partial charge in [0.05, 0.1) is 6.42 Å². The molecule has 0 fully saturated rings. The van der Waals surface area contributed by atoms with Gasteiger partial charge >= 0.3 is 6.18 Å². The summed E-state index contributed by atoms with van der Waals surface area (Å²) in [6.45, 7) is 7.59. The summed E-state index contributed by atoms with van der Waals surface area (Å²) in [5.41, 5.74) is 0. The van der Waals surface area contributed by atoms with E-state index in [2.05, 4.69) is 5.32 Å². The Morgan fingerprint density at radius 3 is 2.00 bits per heavy atom. The second kappa shape index (κ2) is 5.59. The van der Waals surface area contributed by atoms with Crippen molar-refractivity contribution in [2.75, 3.05) is 0 Å². The molecule has 0 radical (unpaired) electrons. The third-order valence-electron chi connectivity index (χ3n) is 2.58. The molecule has 0 bridgehead atoms. The van der Waals surface area contributed by atoms with Crippen molar-refractivity contribution >= 4 is 0 Å². The highest BCUT2D eigenvalue weighted by molar-refractivity contribution is 4.73. The van der Waals surface area contributed by atoms with Crippen LogP contribution in [0.4, 0.5) is 13.2 Å². The maximum atomic E-state index is 12.0. The standard InChI is InChI=1S/C10H20F3N/c1-5-7(2)9(4)14-8(3)6-10(11,12)13/h7-9,14H,5-6H2,1-4H3. The van der Waals surface area contributed by atoms with Crippen molar-refractivity contribution < 1.29 is 13.2 Å². The van der Waals surface area contributed by atoms with E-state index in [0.29, 0.717) is 5.92 Å². The van der Waals surface area contributed by atoms with Gasteiger partial charge in [0, 0.05) is 12.1 Å². The van der Waals surface area contributed by atoms with Gasteiger partial charge in [-0.3, -0.25) is 0 Å². The van der Waals surface area contributed by atoms with E-state index in [-0.39, 0.29) is 6.04 Å². The van der Waals surface area contributed by atoms with Crippen LogP contribution in [0.5, 0.6) is 0 Å². The summed E-state index contributed by atoms with van der Waals surface area (Å²) in [6, 6.07) is -0.364. The van der Waals surface area contributed by atoms with Gasteiger partial charge in [-0.1, -0.05) is 20.3 Å². The first-order chi connectivity index (χ1) is 6.26. The fourth-order valence-electron chi connectivity index (χ4n) is 1.37. The molecule has 0 heterocycles. The van der Waals surface area contributed by atoms with Crippen LogP contribution >= 0.6 is 0 Å². The Hall–Kier alpha value is -0.250. The highest BCUT2D eigenvalue weighted by atomic mass is 19.4. The number of rotatable bonds is 5. The Kier molecular flexibility index (Phi) is 5.49. The first kappa shape index (κ1) is 13.8. The average Bonchev–Trinajstić information content (AvgIpc) is 1.99. The van der Waals surface area contributed by atoms with Gasteiger partial charge in [0.25, 0.3) is 0 Å². The van der Waals surface area contributed by atoms with Gasteiger partial charge < -0.3 is 5.32 Å². The van der Waals surface area contributed by atoms with E-state index in [1.54, 1.807) is 6.92 Å². The van der Waals surface area contributed by atoms with E-state index in [1.807, 2.05) is 20.8 Å². The van der Waals surface area contributed by atoms with Crippen LogP contribution in [-0.4, -0.2) is 18.3 Å². The first-order valence-electron chi connectivity index (χ1n) is 5.09. The van der Waals surface area contributed by atoms with Crippen LogP contribution in [-0.2, 0) is 0 Å². The summed E-state index contributed by atoms with van der Waals surface area (Å²) in [6.07, 6.45) is -3.84. The van der Waals surface area contributed by atoms with Gasteiger partial charge in [-0.15, -0.1) is 0 Å². The molecule has 0 aliphatic rings. The molecular formula is C10H20F3N. The maximum absolute atomic E-state index is 12.0. The van der Waals surface area contributed by atoms with E-state index >= 15 is 0 Å². The lowest BCUT2D eigenvalue weighted by Gasteiger charge is -2.25. The Morgan fingerprint density at radius 1 is 1.14 bits per heavy atom. The van der Waals surface area contributed by atoms with Crippen molar-refractivity contribution in [1.29, 1.82) is 0 Å². The normalized spacial score (nSPS) is 19.1. The summed E-state index contributed by atoms with van der Waals surface area (Å²) in [5.74, 6) is 0.408. The summed E-state index contributed by atoms with van der Waals surface area (Å²) in [5, 5.41) is 2.97. The number of hydrogen-bond donors (Lipinski definition) is 1. The SMILES string of the molecule is CCC(C)C(C)NC(C)CC(F)(F)F. The number of hydrogen-bond acceptors (Lipinski definition) is 1. The molecule has 0 spiro atoms. The topological polar surface area (TPSA) is 12.0 Å². The summed E-state index contributed by atoms with van der Waals surface area (Å²) < 4.78 is 36.0. The van der Waals surface area contributed by atoms with Gasteiger partial charge in [-0.2, -0.15) is 13.2 Å². The van der Waals surface area contributed by atoms with Crippen molar-refractivity contribution in [2.24, 2.45) is 5.92 Å². The molecule has 1 N–H and O–H groups in total. The second-order valence-electron chi connectivity index (χ2n) is 4.06. The predicted molar refractivity (Wildman–Crippen MR) is 52.2 cm³/mol. The van der Waals surface area contributed by atoms with Crippen LogP contribution in [0.25, 0.3) is 0 Å². The lowest BCUT2D eigenvalue weighted by Crippen LogP contribution is -2.40. The van der Waals surface area contributed by atoms with Crippen molar-refractivity contribution in [3.63, 3.8) is 0 Å². The molecule has 0 aromatic carbocycles. The number of nitrogens with one attached hydrogen (secondary N) is 1. The van der Waals surface area contributed by atoms with Gasteiger partial charge in [-0.05, 0) is 19.8 Å². The molecule has 0 aliphatic carbocycles. The van der Waals surface area contributed by atoms with Crippen molar-refractivity contribution in [3.8, 4) is 0 Å². The minimum absolute atomic E-state index is 0.136. The summed E-state index contributed by atoms with van der Waals surface area (Å²) in [7, 11) is 0. The molecule has 0 rings (SSSR count).